The fraction of sp³-hybridized carbons (Fsp3) is 0.222. The summed E-state index contributed by atoms with van der Waals surface area (Å²) in [6, 6.07) is 8.12. The Morgan fingerprint density at radius 2 is 1.75 bits per heavy atom. The van der Waals surface area contributed by atoms with E-state index in [1.807, 2.05) is 11.4 Å². The minimum atomic E-state index is -4.70. The second kappa shape index (κ2) is 8.39. The quantitative estimate of drug-likeness (QED) is 0.568. The summed E-state index contributed by atoms with van der Waals surface area (Å²) < 4.78 is 76.0. The molecule has 2 aromatic carbocycles. The van der Waals surface area contributed by atoms with Gasteiger partial charge in [-0.3, -0.25) is 4.79 Å². The van der Waals surface area contributed by atoms with Crippen LogP contribution in [0.1, 0.15) is 28.8 Å². The van der Waals surface area contributed by atoms with E-state index in [4.69, 9.17) is 5.26 Å². The Morgan fingerprint density at radius 1 is 1.11 bits per heavy atom. The summed E-state index contributed by atoms with van der Waals surface area (Å²) in [4.78, 5) is 12.1. The third kappa shape index (κ3) is 5.29. The molecule has 0 aromatic heterocycles. The average molecular weight is 414 g/mol. The second-order valence-electron chi connectivity index (χ2n) is 5.75. The molecule has 10 heteroatoms. The summed E-state index contributed by atoms with van der Waals surface area (Å²) in [6.07, 6.45) is -4.45. The molecule has 0 spiro atoms. The number of carbonyl (C=O) groups is 1. The first kappa shape index (κ1) is 21.4. The van der Waals surface area contributed by atoms with Crippen molar-refractivity contribution in [1.29, 1.82) is 5.26 Å². The molecule has 0 heterocycles. The Kier molecular flexibility index (Phi) is 6.41. The summed E-state index contributed by atoms with van der Waals surface area (Å²) in [5, 5.41) is 10.5. The van der Waals surface area contributed by atoms with Crippen molar-refractivity contribution in [2.45, 2.75) is 23.9 Å². The fourth-order valence-electron chi connectivity index (χ4n) is 2.26. The van der Waals surface area contributed by atoms with Crippen molar-refractivity contribution in [2.24, 2.45) is 0 Å². The van der Waals surface area contributed by atoms with Crippen LogP contribution in [-0.4, -0.2) is 20.1 Å². The molecule has 148 valence electrons. The smallest absolute Gasteiger partial charge is 0.319 e. The molecular formula is C18H14F4N2O3S. The van der Waals surface area contributed by atoms with E-state index in [1.165, 1.54) is 12.1 Å². The Hall–Kier alpha value is -2.93. The maximum atomic E-state index is 13.7. The third-order valence-corrected chi connectivity index (χ3v) is 5.54. The van der Waals surface area contributed by atoms with Gasteiger partial charge < -0.3 is 5.32 Å². The zero-order chi connectivity index (χ0) is 20.9. The number of alkyl halides is 3. The van der Waals surface area contributed by atoms with E-state index in [0.717, 1.165) is 12.1 Å². The van der Waals surface area contributed by atoms with Crippen molar-refractivity contribution in [1.82, 2.24) is 0 Å². The van der Waals surface area contributed by atoms with E-state index in [-0.39, 0.29) is 29.1 Å². The number of amides is 1. The standard InChI is InChI=1S/C18H14F4N2O3S/c19-15-8-5-13(18(20,21)22)11-16(15)24-17(25)12-3-6-14(7-4-12)28(26,27)10-2-1-9-23/h3-8,11H,1-2,10H2,(H,24,25). The van der Waals surface area contributed by atoms with Gasteiger partial charge in [0.25, 0.3) is 5.91 Å². The largest absolute Gasteiger partial charge is 0.416 e. The lowest BCUT2D eigenvalue weighted by Crippen LogP contribution is -2.15. The van der Waals surface area contributed by atoms with Crippen LogP contribution in [0.2, 0.25) is 0 Å². The number of rotatable bonds is 6. The minimum Gasteiger partial charge on any atom is -0.319 e. The number of anilines is 1. The molecule has 0 atom stereocenters. The van der Waals surface area contributed by atoms with Crippen molar-refractivity contribution >= 4 is 21.4 Å². The lowest BCUT2D eigenvalue weighted by atomic mass is 10.1. The van der Waals surface area contributed by atoms with Crippen LogP contribution < -0.4 is 5.32 Å². The SMILES string of the molecule is N#CCCCS(=O)(=O)c1ccc(C(=O)Nc2cc(C(F)(F)F)ccc2F)cc1. The minimum absolute atomic E-state index is 0.0622. The van der Waals surface area contributed by atoms with Crippen molar-refractivity contribution in [3.63, 3.8) is 0 Å². The molecule has 0 unspecified atom stereocenters. The zero-order valence-corrected chi connectivity index (χ0v) is 15.1. The van der Waals surface area contributed by atoms with Crippen LogP contribution in [0.15, 0.2) is 47.4 Å². The lowest BCUT2D eigenvalue weighted by molar-refractivity contribution is -0.137. The van der Waals surface area contributed by atoms with Crippen LogP contribution >= 0.6 is 0 Å². The number of nitrogens with zero attached hydrogens (tertiary/aromatic N) is 1. The first-order valence-electron chi connectivity index (χ1n) is 7.92. The summed E-state index contributed by atoms with van der Waals surface area (Å²) >= 11 is 0. The highest BCUT2D eigenvalue weighted by Gasteiger charge is 2.31. The van der Waals surface area contributed by atoms with E-state index in [0.29, 0.717) is 18.2 Å². The molecule has 0 aliphatic heterocycles. The fourth-order valence-corrected chi connectivity index (χ4v) is 3.58. The summed E-state index contributed by atoms with van der Waals surface area (Å²) in [7, 11) is -3.63. The Morgan fingerprint density at radius 3 is 2.32 bits per heavy atom. The molecule has 28 heavy (non-hydrogen) atoms. The van der Waals surface area contributed by atoms with E-state index in [1.54, 1.807) is 0 Å². The molecule has 0 aliphatic carbocycles. The van der Waals surface area contributed by atoms with Gasteiger partial charge in [0.05, 0.1) is 28.0 Å². The average Bonchev–Trinajstić information content (AvgIpc) is 2.63. The van der Waals surface area contributed by atoms with Gasteiger partial charge in [-0.05, 0) is 48.9 Å². The number of sulfone groups is 1. The maximum Gasteiger partial charge on any atom is 0.416 e. The van der Waals surface area contributed by atoms with Crippen LogP contribution in [0.4, 0.5) is 23.2 Å². The molecule has 2 aromatic rings. The van der Waals surface area contributed by atoms with E-state index in [9.17, 15) is 30.8 Å². The van der Waals surface area contributed by atoms with Gasteiger partial charge in [-0.25, -0.2) is 12.8 Å². The molecule has 0 saturated heterocycles. The Bertz CT molecular complexity index is 1010. The van der Waals surface area contributed by atoms with Gasteiger partial charge in [0, 0.05) is 12.0 Å². The van der Waals surface area contributed by atoms with Gasteiger partial charge in [-0.1, -0.05) is 0 Å². The Labute approximate surface area is 158 Å². The molecule has 5 nitrogen and oxygen atoms in total. The highest BCUT2D eigenvalue weighted by molar-refractivity contribution is 7.91. The zero-order valence-electron chi connectivity index (χ0n) is 14.3. The van der Waals surface area contributed by atoms with Crippen LogP contribution in [0, 0.1) is 17.1 Å². The van der Waals surface area contributed by atoms with E-state index < -0.39 is 39.0 Å². The monoisotopic (exact) mass is 414 g/mol. The van der Waals surface area contributed by atoms with Crippen LogP contribution in [0.5, 0.6) is 0 Å². The second-order valence-corrected chi connectivity index (χ2v) is 7.86. The van der Waals surface area contributed by atoms with Gasteiger partial charge in [-0.15, -0.1) is 0 Å². The number of nitriles is 1. The molecule has 2 rings (SSSR count). The van der Waals surface area contributed by atoms with E-state index >= 15 is 0 Å². The molecule has 1 N–H and O–H groups in total. The molecular weight excluding hydrogens is 400 g/mol. The first-order valence-corrected chi connectivity index (χ1v) is 9.58. The van der Waals surface area contributed by atoms with Crippen molar-refractivity contribution in [3.8, 4) is 6.07 Å². The number of benzene rings is 2. The topological polar surface area (TPSA) is 87.0 Å². The molecule has 1 amide bonds. The highest BCUT2D eigenvalue weighted by Crippen LogP contribution is 2.32. The molecule has 0 bridgehead atoms. The third-order valence-electron chi connectivity index (χ3n) is 3.72. The van der Waals surface area contributed by atoms with Crippen LogP contribution in [0.3, 0.4) is 0 Å². The van der Waals surface area contributed by atoms with Crippen molar-refractivity contribution in [2.75, 3.05) is 11.1 Å². The van der Waals surface area contributed by atoms with Crippen LogP contribution in [-0.2, 0) is 16.0 Å². The number of nitrogens with one attached hydrogen (secondary N) is 1. The Balaban J connectivity index is 2.17. The number of carbonyl (C=O) groups excluding carboxylic acids is 1. The van der Waals surface area contributed by atoms with Crippen molar-refractivity contribution < 1.29 is 30.8 Å². The van der Waals surface area contributed by atoms with Crippen molar-refractivity contribution in [3.05, 3.63) is 59.4 Å². The molecule has 0 fully saturated rings. The summed E-state index contributed by atoms with van der Waals surface area (Å²) in [5.74, 6) is -2.17. The normalized spacial score (nSPS) is 11.7. The van der Waals surface area contributed by atoms with Gasteiger partial charge >= 0.3 is 6.18 Å². The number of unbranched alkanes of at least 4 members (excludes halogenated alkanes) is 1. The summed E-state index contributed by atoms with van der Waals surface area (Å²) in [5.41, 5.74) is -1.83. The lowest BCUT2D eigenvalue weighted by Gasteiger charge is -2.11. The van der Waals surface area contributed by atoms with Gasteiger partial charge in [0.15, 0.2) is 9.84 Å². The predicted molar refractivity (Wildman–Crippen MR) is 92.7 cm³/mol. The van der Waals surface area contributed by atoms with Gasteiger partial charge in [0.2, 0.25) is 0 Å². The highest BCUT2D eigenvalue weighted by atomic mass is 32.2. The molecule has 0 saturated carbocycles. The van der Waals surface area contributed by atoms with Crippen LogP contribution in [0.25, 0.3) is 0 Å². The predicted octanol–water partition coefficient (Wildman–Crippen LogP) is 4.17. The number of hydrogen-bond acceptors (Lipinski definition) is 4. The molecule has 0 radical (unpaired) electrons. The van der Waals surface area contributed by atoms with Gasteiger partial charge in [-0.2, -0.15) is 18.4 Å². The van der Waals surface area contributed by atoms with Gasteiger partial charge in [0.1, 0.15) is 5.82 Å². The first-order chi connectivity index (χ1) is 13.0. The summed E-state index contributed by atoms with van der Waals surface area (Å²) in [6.45, 7) is 0. The molecule has 0 aliphatic rings. The number of hydrogen-bond donors (Lipinski definition) is 1. The number of halogens is 4. The maximum absolute atomic E-state index is 13.7. The van der Waals surface area contributed by atoms with E-state index in [2.05, 4.69) is 0 Å².